The monoisotopic (exact) mass is 233 g/mol. The molecule has 1 aromatic rings. The summed E-state index contributed by atoms with van der Waals surface area (Å²) in [6, 6.07) is 8.80. The molecule has 0 spiro atoms. The van der Waals surface area contributed by atoms with Crippen molar-refractivity contribution in [1.29, 1.82) is 0 Å². The first-order chi connectivity index (χ1) is 8.09. The number of aliphatic hydroxyl groups is 1. The second-order valence-corrected chi connectivity index (χ2v) is 5.41. The molecule has 1 heterocycles. The molecular formula is C15H23NO. The lowest BCUT2D eigenvalue weighted by atomic mass is 9.92. The van der Waals surface area contributed by atoms with Gasteiger partial charge in [-0.25, -0.2) is 0 Å². The van der Waals surface area contributed by atoms with Crippen molar-refractivity contribution in [2.45, 2.75) is 45.8 Å². The summed E-state index contributed by atoms with van der Waals surface area (Å²) in [4.78, 5) is 2.45. The Morgan fingerprint density at radius 1 is 1.29 bits per heavy atom. The third kappa shape index (κ3) is 2.63. The van der Waals surface area contributed by atoms with Gasteiger partial charge >= 0.3 is 0 Å². The van der Waals surface area contributed by atoms with Crippen LogP contribution >= 0.6 is 0 Å². The van der Waals surface area contributed by atoms with Crippen LogP contribution in [0.5, 0.6) is 0 Å². The van der Waals surface area contributed by atoms with Crippen LogP contribution in [-0.2, 0) is 0 Å². The number of nitrogens with zero attached hydrogens (tertiary/aromatic N) is 1. The fourth-order valence-corrected chi connectivity index (χ4v) is 2.87. The van der Waals surface area contributed by atoms with Gasteiger partial charge in [0.25, 0.3) is 0 Å². The van der Waals surface area contributed by atoms with Gasteiger partial charge in [-0.05, 0) is 38.7 Å². The molecule has 0 bridgehead atoms. The second-order valence-electron chi connectivity index (χ2n) is 5.41. The minimum absolute atomic E-state index is 0.391. The summed E-state index contributed by atoms with van der Waals surface area (Å²) in [5, 5.41) is 9.85. The molecule has 1 N–H and O–H groups in total. The van der Waals surface area contributed by atoms with E-state index < -0.39 is 6.10 Å². The van der Waals surface area contributed by atoms with Crippen LogP contribution in [-0.4, -0.2) is 17.7 Å². The molecule has 94 valence electrons. The van der Waals surface area contributed by atoms with Crippen molar-refractivity contribution in [1.82, 2.24) is 0 Å². The molecule has 17 heavy (non-hydrogen) atoms. The number of benzene rings is 1. The number of hydrogen-bond acceptors (Lipinski definition) is 2. The molecule has 1 fully saturated rings. The molecule has 1 aliphatic rings. The molecule has 2 unspecified atom stereocenters. The van der Waals surface area contributed by atoms with E-state index in [9.17, 15) is 5.11 Å². The molecule has 0 aliphatic carbocycles. The van der Waals surface area contributed by atoms with Gasteiger partial charge in [-0.3, -0.25) is 0 Å². The maximum absolute atomic E-state index is 9.85. The minimum atomic E-state index is -0.391. The van der Waals surface area contributed by atoms with E-state index in [1.54, 1.807) is 0 Å². The van der Waals surface area contributed by atoms with Crippen LogP contribution in [0.4, 0.5) is 5.69 Å². The standard InChI is InChI=1S/C15H23NO/c1-11-8-9-16(12(2)10-11)15-7-5-4-6-14(15)13(3)17/h4-7,11-13,17H,8-10H2,1-3H3/t11?,12?,13-/m1/s1. The minimum Gasteiger partial charge on any atom is -0.389 e. The molecule has 1 aromatic carbocycles. The molecule has 3 atom stereocenters. The zero-order chi connectivity index (χ0) is 12.4. The Labute approximate surface area is 104 Å². The predicted molar refractivity (Wildman–Crippen MR) is 72.3 cm³/mol. The number of rotatable bonds is 2. The Bertz CT molecular complexity index is 375. The quantitative estimate of drug-likeness (QED) is 0.846. The van der Waals surface area contributed by atoms with Crippen molar-refractivity contribution in [2.24, 2.45) is 5.92 Å². The van der Waals surface area contributed by atoms with E-state index >= 15 is 0 Å². The van der Waals surface area contributed by atoms with Gasteiger partial charge in [0.05, 0.1) is 6.10 Å². The van der Waals surface area contributed by atoms with E-state index in [1.807, 2.05) is 19.1 Å². The highest BCUT2D eigenvalue weighted by Crippen LogP contribution is 2.32. The Hall–Kier alpha value is -1.02. The largest absolute Gasteiger partial charge is 0.389 e. The van der Waals surface area contributed by atoms with Crippen LogP contribution in [0.3, 0.4) is 0 Å². The van der Waals surface area contributed by atoms with Crippen molar-refractivity contribution in [2.75, 3.05) is 11.4 Å². The van der Waals surface area contributed by atoms with Gasteiger partial charge in [0.2, 0.25) is 0 Å². The second kappa shape index (κ2) is 5.09. The van der Waals surface area contributed by atoms with Gasteiger partial charge in [0.1, 0.15) is 0 Å². The molecule has 0 amide bonds. The van der Waals surface area contributed by atoms with Gasteiger partial charge in [-0.15, -0.1) is 0 Å². The molecular weight excluding hydrogens is 210 g/mol. The first kappa shape index (κ1) is 12.4. The molecule has 1 saturated heterocycles. The van der Waals surface area contributed by atoms with Gasteiger partial charge in [0, 0.05) is 23.8 Å². The summed E-state index contributed by atoms with van der Waals surface area (Å²) in [5.74, 6) is 0.819. The normalized spacial score (nSPS) is 26.9. The number of piperidine rings is 1. The van der Waals surface area contributed by atoms with Gasteiger partial charge < -0.3 is 10.0 Å². The summed E-state index contributed by atoms with van der Waals surface area (Å²) in [6.07, 6.45) is 2.10. The highest BCUT2D eigenvalue weighted by Gasteiger charge is 2.25. The predicted octanol–water partition coefficient (Wildman–Crippen LogP) is 3.36. The Morgan fingerprint density at radius 3 is 2.65 bits per heavy atom. The fraction of sp³-hybridized carbons (Fsp3) is 0.600. The van der Waals surface area contributed by atoms with Gasteiger partial charge in [0.15, 0.2) is 0 Å². The topological polar surface area (TPSA) is 23.5 Å². The van der Waals surface area contributed by atoms with Crippen molar-refractivity contribution in [3.63, 3.8) is 0 Å². The summed E-state index contributed by atoms with van der Waals surface area (Å²) < 4.78 is 0. The third-order valence-electron chi connectivity index (χ3n) is 3.83. The van der Waals surface area contributed by atoms with Crippen LogP contribution in [0.2, 0.25) is 0 Å². The van der Waals surface area contributed by atoms with E-state index in [-0.39, 0.29) is 0 Å². The number of para-hydroxylation sites is 1. The highest BCUT2D eigenvalue weighted by atomic mass is 16.3. The number of anilines is 1. The smallest absolute Gasteiger partial charge is 0.0781 e. The maximum Gasteiger partial charge on any atom is 0.0781 e. The number of hydrogen-bond donors (Lipinski definition) is 1. The summed E-state index contributed by atoms with van der Waals surface area (Å²) >= 11 is 0. The van der Waals surface area contributed by atoms with Crippen molar-refractivity contribution >= 4 is 5.69 Å². The van der Waals surface area contributed by atoms with Crippen LogP contribution in [0, 0.1) is 5.92 Å². The summed E-state index contributed by atoms with van der Waals surface area (Å²) in [6.45, 7) is 7.56. The van der Waals surface area contributed by atoms with Crippen LogP contribution in [0.25, 0.3) is 0 Å². The fourth-order valence-electron chi connectivity index (χ4n) is 2.87. The van der Waals surface area contributed by atoms with Gasteiger partial charge in [-0.1, -0.05) is 25.1 Å². The van der Waals surface area contributed by atoms with E-state index in [2.05, 4.69) is 30.9 Å². The maximum atomic E-state index is 9.85. The molecule has 2 nitrogen and oxygen atoms in total. The third-order valence-corrected chi connectivity index (χ3v) is 3.83. The van der Waals surface area contributed by atoms with E-state index in [1.165, 1.54) is 18.5 Å². The van der Waals surface area contributed by atoms with Gasteiger partial charge in [-0.2, -0.15) is 0 Å². The van der Waals surface area contributed by atoms with Crippen LogP contribution < -0.4 is 4.90 Å². The molecule has 2 heteroatoms. The summed E-state index contributed by atoms with van der Waals surface area (Å²) in [5.41, 5.74) is 2.26. The number of aliphatic hydroxyl groups excluding tert-OH is 1. The lowest BCUT2D eigenvalue weighted by molar-refractivity contribution is 0.199. The van der Waals surface area contributed by atoms with E-state index in [4.69, 9.17) is 0 Å². The lowest BCUT2D eigenvalue weighted by Crippen LogP contribution is -2.40. The Morgan fingerprint density at radius 2 is 2.00 bits per heavy atom. The van der Waals surface area contributed by atoms with Crippen molar-refractivity contribution in [3.8, 4) is 0 Å². The average molecular weight is 233 g/mol. The first-order valence-electron chi connectivity index (χ1n) is 6.63. The Balaban J connectivity index is 2.27. The van der Waals surface area contributed by atoms with E-state index in [0.29, 0.717) is 6.04 Å². The van der Waals surface area contributed by atoms with Crippen molar-refractivity contribution in [3.05, 3.63) is 29.8 Å². The molecule has 0 aromatic heterocycles. The highest BCUT2D eigenvalue weighted by molar-refractivity contribution is 5.55. The average Bonchev–Trinajstić information content (AvgIpc) is 2.29. The van der Waals surface area contributed by atoms with Crippen molar-refractivity contribution < 1.29 is 5.11 Å². The first-order valence-corrected chi connectivity index (χ1v) is 6.63. The summed E-state index contributed by atoms with van der Waals surface area (Å²) in [7, 11) is 0. The van der Waals surface area contributed by atoms with Crippen LogP contribution in [0.15, 0.2) is 24.3 Å². The SMILES string of the molecule is CC1CCN(c2ccccc2[C@@H](C)O)C(C)C1. The van der Waals surface area contributed by atoms with E-state index in [0.717, 1.165) is 18.0 Å². The van der Waals surface area contributed by atoms with Crippen LogP contribution in [0.1, 0.15) is 45.3 Å². The molecule has 0 radical (unpaired) electrons. The zero-order valence-corrected chi connectivity index (χ0v) is 11.1. The molecule has 2 rings (SSSR count). The zero-order valence-electron chi connectivity index (χ0n) is 11.1. The molecule has 1 aliphatic heterocycles. The lowest BCUT2D eigenvalue weighted by Gasteiger charge is -2.39. The Kier molecular flexibility index (Phi) is 3.72. The molecule has 0 saturated carbocycles.